The highest BCUT2D eigenvalue weighted by Gasteiger charge is 2.60. The van der Waals surface area contributed by atoms with E-state index in [1.165, 1.54) is 6.07 Å². The maximum atomic E-state index is 16.0. The fraction of sp³-hybridized carbons (Fsp3) is 0.576. The van der Waals surface area contributed by atoms with E-state index in [4.69, 9.17) is 23.2 Å². The first-order valence-corrected chi connectivity index (χ1v) is 17.8. The molecule has 4 N–H and O–H groups in total. The summed E-state index contributed by atoms with van der Waals surface area (Å²) in [6.07, 6.45) is 3.65. The summed E-state index contributed by atoms with van der Waals surface area (Å²) in [4.78, 5) is 27.9. The number of benzene rings is 2. The van der Waals surface area contributed by atoms with Crippen LogP contribution in [0.25, 0.3) is 0 Å². The third-order valence-electron chi connectivity index (χ3n) is 9.16. The number of hydrogen-bond donors (Lipinski definition) is 4. The van der Waals surface area contributed by atoms with Gasteiger partial charge >= 0.3 is 0 Å². The molecular weight excluding hydrogens is 638 g/mol. The van der Waals surface area contributed by atoms with Crippen molar-refractivity contribution in [3.63, 3.8) is 0 Å². The summed E-state index contributed by atoms with van der Waals surface area (Å²) in [5.41, 5.74) is -0.267. The zero-order chi connectivity index (χ0) is 33.3. The number of rotatable bonds is 10. The summed E-state index contributed by atoms with van der Waals surface area (Å²) in [5.74, 6) is -1.99. The highest BCUT2D eigenvalue weighted by molar-refractivity contribution is 7.90. The van der Waals surface area contributed by atoms with Gasteiger partial charge in [0.25, 0.3) is 0 Å². The van der Waals surface area contributed by atoms with Crippen molar-refractivity contribution in [1.29, 1.82) is 0 Å². The predicted molar refractivity (Wildman–Crippen MR) is 179 cm³/mol. The molecule has 12 heteroatoms. The molecule has 0 radical (unpaired) electrons. The fourth-order valence-electron chi connectivity index (χ4n) is 6.90. The standard InChI is InChI=1S/C33H45Cl2FN4O4S/c1-19(2)45(43,44)40-22-13-11-21(12-14-22)38-31(42)30-28(23-8-7-9-25(35)29(23)36)33(18-41,27(39-30)17-32(3,4)5)24-15-10-20(34)16-26(24)37-6/h7-10,15-16,18-19,21-22,27-28,30,37,39-40H,11-14,17H2,1-6H3,(H,38,42). The van der Waals surface area contributed by atoms with Crippen LogP contribution < -0.4 is 20.7 Å². The smallest absolute Gasteiger partial charge is 0.238 e. The summed E-state index contributed by atoms with van der Waals surface area (Å²) < 4.78 is 43.5. The third kappa shape index (κ3) is 7.51. The van der Waals surface area contributed by atoms with Gasteiger partial charge in [-0.1, -0.05) is 62.2 Å². The molecule has 2 fully saturated rings. The van der Waals surface area contributed by atoms with Crippen molar-refractivity contribution < 1.29 is 22.4 Å². The van der Waals surface area contributed by atoms with Gasteiger partial charge in [0.05, 0.1) is 21.7 Å². The molecule has 2 aliphatic rings. The van der Waals surface area contributed by atoms with Gasteiger partial charge in [-0.15, -0.1) is 0 Å². The van der Waals surface area contributed by atoms with Crippen LogP contribution in [-0.4, -0.2) is 57.1 Å². The summed E-state index contributed by atoms with van der Waals surface area (Å²) in [6, 6.07) is 7.91. The van der Waals surface area contributed by atoms with Crippen LogP contribution in [0.1, 0.15) is 83.8 Å². The molecule has 1 aliphatic heterocycles. The minimum atomic E-state index is -3.41. The Morgan fingerprint density at radius 2 is 1.76 bits per heavy atom. The van der Waals surface area contributed by atoms with Crippen molar-refractivity contribution in [3.8, 4) is 0 Å². The van der Waals surface area contributed by atoms with E-state index in [9.17, 15) is 18.0 Å². The van der Waals surface area contributed by atoms with Crippen LogP contribution in [0, 0.1) is 11.2 Å². The van der Waals surface area contributed by atoms with Crippen LogP contribution in [0.2, 0.25) is 10.0 Å². The molecule has 1 saturated carbocycles. The molecule has 2 aromatic carbocycles. The zero-order valence-electron chi connectivity index (χ0n) is 26.7. The highest BCUT2D eigenvalue weighted by Crippen LogP contribution is 2.53. The molecule has 1 heterocycles. The second-order valence-corrected chi connectivity index (χ2v) is 17.0. The van der Waals surface area contributed by atoms with Crippen molar-refractivity contribution in [2.24, 2.45) is 5.41 Å². The molecule has 0 bridgehead atoms. The van der Waals surface area contributed by atoms with Crippen LogP contribution in [0.4, 0.5) is 10.1 Å². The number of halogens is 3. The Labute approximate surface area is 276 Å². The molecule has 4 unspecified atom stereocenters. The van der Waals surface area contributed by atoms with E-state index >= 15 is 4.39 Å². The Balaban J connectivity index is 1.76. The van der Waals surface area contributed by atoms with E-state index in [0.717, 1.165) is 6.29 Å². The lowest BCUT2D eigenvalue weighted by molar-refractivity contribution is -0.124. The molecule has 2 aromatic rings. The number of nitrogens with one attached hydrogen (secondary N) is 4. The SMILES string of the molecule is CNc1cc(Cl)ccc1C1(C=O)C(CC(C)(C)C)NC(C(=O)NC2CCC(NS(=O)(=O)C(C)C)CC2)C1c1cccc(Cl)c1F. The molecule has 0 spiro atoms. The maximum absolute atomic E-state index is 16.0. The average molecular weight is 684 g/mol. The van der Waals surface area contributed by atoms with E-state index < -0.39 is 44.5 Å². The first-order chi connectivity index (χ1) is 21.0. The van der Waals surface area contributed by atoms with Gasteiger partial charge in [0.15, 0.2) is 0 Å². The number of aldehydes is 1. The third-order valence-corrected chi connectivity index (χ3v) is 11.6. The molecule has 0 aromatic heterocycles. The summed E-state index contributed by atoms with van der Waals surface area (Å²) in [6.45, 7) is 9.44. The summed E-state index contributed by atoms with van der Waals surface area (Å²) in [5, 5.41) is 9.62. The molecule has 8 nitrogen and oxygen atoms in total. The number of anilines is 1. The van der Waals surface area contributed by atoms with Gasteiger partial charge in [-0.25, -0.2) is 17.5 Å². The first kappa shape index (κ1) is 35.6. The van der Waals surface area contributed by atoms with Gasteiger partial charge in [-0.05, 0) is 80.7 Å². The minimum absolute atomic E-state index is 0.0992. The van der Waals surface area contributed by atoms with Gasteiger partial charge in [-0.3, -0.25) is 4.79 Å². The molecular formula is C33H45Cl2FN4O4S. The molecule has 4 atom stereocenters. The van der Waals surface area contributed by atoms with Crippen molar-refractivity contribution >= 4 is 51.1 Å². The Kier molecular flexibility index (Phi) is 11.0. The lowest BCUT2D eigenvalue weighted by atomic mass is 9.62. The van der Waals surface area contributed by atoms with E-state index in [2.05, 4.69) is 41.4 Å². The van der Waals surface area contributed by atoms with E-state index in [1.807, 2.05) is 0 Å². The normalized spacial score (nSPS) is 27.4. The van der Waals surface area contributed by atoms with Gasteiger partial charge in [0.1, 0.15) is 12.1 Å². The largest absolute Gasteiger partial charge is 0.388 e. The maximum Gasteiger partial charge on any atom is 0.238 e. The molecule has 1 amide bonds. The minimum Gasteiger partial charge on any atom is -0.388 e. The number of carbonyl (C=O) groups excluding carboxylic acids is 2. The van der Waals surface area contributed by atoms with Crippen molar-refractivity contribution in [3.05, 3.63) is 63.4 Å². The lowest BCUT2D eigenvalue weighted by Crippen LogP contribution is -2.51. The topological polar surface area (TPSA) is 116 Å². The molecule has 1 saturated heterocycles. The van der Waals surface area contributed by atoms with Crippen LogP contribution in [0.3, 0.4) is 0 Å². The summed E-state index contributed by atoms with van der Waals surface area (Å²) >= 11 is 12.7. The number of amides is 1. The van der Waals surface area contributed by atoms with Crippen LogP contribution in [0.15, 0.2) is 36.4 Å². The van der Waals surface area contributed by atoms with Crippen molar-refractivity contribution in [2.75, 3.05) is 12.4 Å². The van der Waals surface area contributed by atoms with E-state index in [-0.39, 0.29) is 34.0 Å². The monoisotopic (exact) mass is 682 g/mol. The predicted octanol–water partition coefficient (Wildman–Crippen LogP) is 5.93. The fourth-order valence-corrected chi connectivity index (χ4v) is 8.22. The highest BCUT2D eigenvalue weighted by atomic mass is 35.5. The average Bonchev–Trinajstić information content (AvgIpc) is 3.28. The second-order valence-electron chi connectivity index (χ2n) is 13.8. The molecule has 45 heavy (non-hydrogen) atoms. The zero-order valence-corrected chi connectivity index (χ0v) is 29.0. The lowest BCUT2D eigenvalue weighted by Gasteiger charge is -2.39. The first-order valence-electron chi connectivity index (χ1n) is 15.5. The van der Waals surface area contributed by atoms with Crippen LogP contribution >= 0.6 is 23.2 Å². The molecule has 4 rings (SSSR count). The van der Waals surface area contributed by atoms with Gasteiger partial charge in [-0.2, -0.15) is 0 Å². The number of sulfonamides is 1. The molecule has 1 aliphatic carbocycles. The Bertz CT molecular complexity index is 1510. The summed E-state index contributed by atoms with van der Waals surface area (Å²) in [7, 11) is -1.68. The van der Waals surface area contributed by atoms with Crippen molar-refractivity contribution in [2.45, 2.75) is 107 Å². The van der Waals surface area contributed by atoms with Gasteiger partial charge in [0.2, 0.25) is 15.9 Å². The van der Waals surface area contributed by atoms with E-state index in [1.54, 1.807) is 51.2 Å². The van der Waals surface area contributed by atoms with Crippen LogP contribution in [0.5, 0.6) is 0 Å². The van der Waals surface area contributed by atoms with E-state index in [0.29, 0.717) is 48.4 Å². The van der Waals surface area contributed by atoms with Gasteiger partial charge in [0, 0.05) is 41.8 Å². The quantitative estimate of drug-likeness (QED) is 0.231. The van der Waals surface area contributed by atoms with Crippen molar-refractivity contribution in [1.82, 2.24) is 15.4 Å². The Hall–Kier alpha value is -2.24. The van der Waals surface area contributed by atoms with Crippen LogP contribution in [-0.2, 0) is 25.0 Å². The second kappa shape index (κ2) is 13.9. The Morgan fingerprint density at radius 1 is 1.11 bits per heavy atom. The van der Waals surface area contributed by atoms with Gasteiger partial charge < -0.3 is 20.7 Å². The molecule has 248 valence electrons. The number of carbonyl (C=O) groups is 2. The number of hydrogen-bond acceptors (Lipinski definition) is 6. The Morgan fingerprint density at radius 3 is 2.33 bits per heavy atom.